The highest BCUT2D eigenvalue weighted by atomic mass is 32.1. The van der Waals surface area contributed by atoms with Crippen molar-refractivity contribution in [1.29, 1.82) is 0 Å². The Kier molecular flexibility index (Phi) is 9.64. The number of hydrogen-bond donors (Lipinski definition) is 5. The molecule has 2 aromatic heterocycles. The number of nitrogens with zero attached hydrogens (tertiary/aromatic N) is 8. The van der Waals surface area contributed by atoms with Crippen LogP contribution in [0.3, 0.4) is 0 Å². The molecule has 2 atom stereocenters. The van der Waals surface area contributed by atoms with Crippen LogP contribution in [0.2, 0.25) is 0 Å². The number of thiol groups is 1. The number of anilines is 1. The maximum absolute atomic E-state index is 13.2. The first-order valence-electron chi connectivity index (χ1n) is 12.9. The van der Waals surface area contributed by atoms with E-state index in [2.05, 4.69) is 60.7 Å². The molecular formula is C23H33N11O6S2. The van der Waals surface area contributed by atoms with E-state index in [0.29, 0.717) is 12.2 Å². The third-order valence-corrected chi connectivity index (χ3v) is 7.89. The second-order valence-electron chi connectivity index (χ2n) is 10.4. The van der Waals surface area contributed by atoms with Gasteiger partial charge in [0.25, 0.3) is 11.8 Å². The molecular weight excluding hydrogens is 590 g/mol. The van der Waals surface area contributed by atoms with Gasteiger partial charge in [-0.3, -0.25) is 23.6 Å². The number of carboxylic acids is 1. The third kappa shape index (κ3) is 7.52. The molecule has 2 aromatic rings. The standard InChI is InChI=1S/C23H33N11O6S2/c1-23(2,21(38)39)40-29-17(14-12-42-22(24)26-14)19(36)27-18-15(34(41)20(18)37)10-33-9-13(28-30-33)8-25-16(35)11-32-6-4-31(3)5-7-32/h9,12,15,18,41H,4-8,10-11H2,1-3H3,(H2,24,26)(H,25,35)(H,27,36)(H,38,39)/b29-17-. The molecule has 0 bridgehead atoms. The normalized spacial score (nSPS) is 20.2. The van der Waals surface area contributed by atoms with Crippen LogP contribution in [0.25, 0.3) is 0 Å². The second kappa shape index (κ2) is 13.0. The van der Waals surface area contributed by atoms with Crippen molar-refractivity contribution in [3.05, 3.63) is 23.0 Å². The predicted molar refractivity (Wildman–Crippen MR) is 153 cm³/mol. The van der Waals surface area contributed by atoms with E-state index in [1.807, 2.05) is 0 Å². The Balaban J connectivity index is 1.35. The van der Waals surface area contributed by atoms with Gasteiger partial charge in [-0.05, 0) is 20.9 Å². The first kappa shape index (κ1) is 31.1. The largest absolute Gasteiger partial charge is 0.478 e. The molecule has 4 heterocycles. The molecule has 17 nitrogen and oxygen atoms in total. The molecule has 2 saturated heterocycles. The number of hydrogen-bond acceptors (Lipinski definition) is 14. The van der Waals surface area contributed by atoms with Crippen LogP contribution >= 0.6 is 24.2 Å². The number of nitrogens with two attached hydrogens (primary N) is 1. The molecule has 19 heteroatoms. The molecule has 0 radical (unpaired) electrons. The zero-order valence-corrected chi connectivity index (χ0v) is 25.0. The van der Waals surface area contributed by atoms with Crippen molar-refractivity contribution in [3.8, 4) is 0 Å². The fraction of sp³-hybridized carbons (Fsp3) is 0.565. The van der Waals surface area contributed by atoms with E-state index in [1.54, 1.807) is 6.20 Å². The van der Waals surface area contributed by atoms with Crippen LogP contribution in [0.15, 0.2) is 16.7 Å². The SMILES string of the molecule is CN1CCN(CC(=O)NCc2cn(CC3C(NC(=O)/C(=N\OC(C)(C)C(=O)O)c4csc(N)n4)C(=O)N3S)nn2)CC1. The Morgan fingerprint density at radius 2 is 2.00 bits per heavy atom. The van der Waals surface area contributed by atoms with Crippen LogP contribution in [0.5, 0.6) is 0 Å². The lowest BCUT2D eigenvalue weighted by Crippen LogP contribution is -2.69. The maximum Gasteiger partial charge on any atom is 0.350 e. The summed E-state index contributed by atoms with van der Waals surface area (Å²) in [6.45, 7) is 6.65. The minimum Gasteiger partial charge on any atom is -0.478 e. The van der Waals surface area contributed by atoms with Gasteiger partial charge in [-0.15, -0.1) is 16.4 Å². The quantitative estimate of drug-likeness (QED) is 0.0752. The van der Waals surface area contributed by atoms with E-state index in [4.69, 9.17) is 10.6 Å². The van der Waals surface area contributed by atoms with Gasteiger partial charge in [-0.25, -0.2) is 14.5 Å². The van der Waals surface area contributed by atoms with Crippen molar-refractivity contribution in [3.63, 3.8) is 0 Å². The number of oxime groups is 1. The summed E-state index contributed by atoms with van der Waals surface area (Å²) < 4.78 is 2.64. The number of β-lactam (4-membered cyclic amide) rings is 1. The van der Waals surface area contributed by atoms with Gasteiger partial charge in [0.1, 0.15) is 17.4 Å². The van der Waals surface area contributed by atoms with Crippen LogP contribution in [0, 0.1) is 0 Å². The van der Waals surface area contributed by atoms with E-state index in [0.717, 1.165) is 41.8 Å². The van der Waals surface area contributed by atoms with Gasteiger partial charge in [-0.2, -0.15) is 0 Å². The number of rotatable bonds is 12. The van der Waals surface area contributed by atoms with Gasteiger partial charge >= 0.3 is 5.97 Å². The number of thiazole rings is 1. The van der Waals surface area contributed by atoms with Gasteiger partial charge < -0.3 is 31.2 Å². The highest BCUT2D eigenvalue weighted by Gasteiger charge is 2.48. The minimum absolute atomic E-state index is 0.0535. The summed E-state index contributed by atoms with van der Waals surface area (Å²) in [7, 11) is 2.05. The Morgan fingerprint density at radius 1 is 1.29 bits per heavy atom. The lowest BCUT2D eigenvalue weighted by atomic mass is 9.98. The summed E-state index contributed by atoms with van der Waals surface area (Å²) in [5.74, 6) is -2.71. The number of nitrogen functional groups attached to an aromatic ring is 1. The van der Waals surface area contributed by atoms with E-state index in [9.17, 15) is 24.3 Å². The Morgan fingerprint density at radius 3 is 2.64 bits per heavy atom. The smallest absolute Gasteiger partial charge is 0.350 e. The van der Waals surface area contributed by atoms with Gasteiger partial charge in [0.2, 0.25) is 11.5 Å². The lowest BCUT2D eigenvalue weighted by Gasteiger charge is -2.43. The number of aromatic nitrogens is 4. The van der Waals surface area contributed by atoms with Crippen LogP contribution < -0.4 is 16.4 Å². The summed E-state index contributed by atoms with van der Waals surface area (Å²) in [5, 5.41) is 28.2. The first-order chi connectivity index (χ1) is 19.8. The number of piperazine rings is 1. The average molecular weight is 624 g/mol. The van der Waals surface area contributed by atoms with Crippen molar-refractivity contribution in [2.24, 2.45) is 5.16 Å². The van der Waals surface area contributed by atoms with E-state index in [-0.39, 0.29) is 35.5 Å². The van der Waals surface area contributed by atoms with Crippen molar-refractivity contribution in [1.82, 2.24) is 44.7 Å². The summed E-state index contributed by atoms with van der Waals surface area (Å²) in [6, 6.07) is -1.61. The number of nitrogens with one attached hydrogen (secondary N) is 2. The van der Waals surface area contributed by atoms with Crippen LogP contribution in [0.1, 0.15) is 25.2 Å². The number of amides is 3. The fourth-order valence-corrected chi connectivity index (χ4v) is 4.91. The van der Waals surface area contributed by atoms with Crippen LogP contribution in [0.4, 0.5) is 5.13 Å². The second-order valence-corrected chi connectivity index (χ2v) is 11.7. The van der Waals surface area contributed by atoms with Gasteiger partial charge in [0.15, 0.2) is 10.8 Å². The number of aliphatic carboxylic acids is 1. The molecule has 2 aliphatic heterocycles. The van der Waals surface area contributed by atoms with E-state index in [1.165, 1.54) is 23.9 Å². The van der Waals surface area contributed by atoms with Crippen molar-refractivity contribution in [2.75, 3.05) is 45.5 Å². The van der Waals surface area contributed by atoms with Crippen LogP contribution in [-0.4, -0.2) is 126 Å². The monoisotopic (exact) mass is 623 g/mol. The number of carbonyl (C=O) groups excluding carboxylic acids is 3. The Labute approximate surface area is 250 Å². The van der Waals surface area contributed by atoms with Crippen LogP contribution in [-0.2, 0) is 37.1 Å². The summed E-state index contributed by atoms with van der Waals surface area (Å²) in [5.41, 5.74) is 4.18. The highest BCUT2D eigenvalue weighted by molar-refractivity contribution is 7.78. The molecule has 42 heavy (non-hydrogen) atoms. The van der Waals surface area contributed by atoms with Gasteiger partial charge in [0, 0.05) is 31.6 Å². The molecule has 0 aromatic carbocycles. The molecule has 3 amide bonds. The van der Waals surface area contributed by atoms with Crippen molar-refractivity contribution >= 4 is 58.7 Å². The molecule has 2 unspecified atom stereocenters. The molecule has 2 fully saturated rings. The summed E-state index contributed by atoms with van der Waals surface area (Å²) in [4.78, 5) is 63.0. The average Bonchev–Trinajstić information content (AvgIpc) is 3.59. The molecule has 2 aliphatic rings. The van der Waals surface area contributed by atoms with Crippen molar-refractivity contribution < 1.29 is 29.1 Å². The zero-order chi connectivity index (χ0) is 30.6. The van der Waals surface area contributed by atoms with Crippen molar-refractivity contribution in [2.45, 2.75) is 44.6 Å². The Hall–Kier alpha value is -3.81. The number of likely N-dealkylation sites (N-methyl/N-ethyl adjacent to an activating group) is 1. The summed E-state index contributed by atoms with van der Waals surface area (Å²) in [6.07, 6.45) is 1.63. The molecule has 228 valence electrons. The van der Waals surface area contributed by atoms with Gasteiger partial charge in [-0.1, -0.05) is 23.2 Å². The summed E-state index contributed by atoms with van der Waals surface area (Å²) >= 11 is 5.26. The predicted octanol–water partition coefficient (Wildman–Crippen LogP) is -2.00. The third-order valence-electron chi connectivity index (χ3n) is 6.73. The minimum atomic E-state index is -1.74. The number of carbonyl (C=O) groups is 4. The molecule has 5 N–H and O–H groups in total. The molecule has 0 spiro atoms. The number of carboxylic acid groups (broad SMARTS) is 1. The first-order valence-corrected chi connectivity index (χ1v) is 14.2. The Bertz CT molecular complexity index is 1350. The van der Waals surface area contributed by atoms with E-state index < -0.39 is 35.5 Å². The van der Waals surface area contributed by atoms with Gasteiger partial charge in [0.05, 0.1) is 31.9 Å². The maximum atomic E-state index is 13.2. The lowest BCUT2D eigenvalue weighted by molar-refractivity contribution is -0.161. The zero-order valence-electron chi connectivity index (χ0n) is 23.3. The topological polar surface area (TPSA) is 214 Å². The van der Waals surface area contributed by atoms with E-state index >= 15 is 0 Å². The molecule has 0 aliphatic carbocycles. The highest BCUT2D eigenvalue weighted by Crippen LogP contribution is 2.24. The fourth-order valence-electron chi connectivity index (χ4n) is 4.03. The molecule has 4 rings (SSSR count). The molecule has 0 saturated carbocycles.